The number of aromatic nitrogens is 1. The molecule has 0 amide bonds. The van der Waals surface area contributed by atoms with Crippen molar-refractivity contribution in [1.29, 1.82) is 0 Å². The van der Waals surface area contributed by atoms with Crippen LogP contribution >= 0.6 is 0 Å². The molecule has 0 aliphatic carbocycles. The van der Waals surface area contributed by atoms with Gasteiger partial charge in [0.15, 0.2) is 0 Å². The van der Waals surface area contributed by atoms with Crippen LogP contribution < -0.4 is 0 Å². The number of hydrogen-bond acceptors (Lipinski definition) is 1. The minimum atomic E-state index is -0.155. The number of rotatable bonds is 0. The second-order valence-electron chi connectivity index (χ2n) is 7.23. The summed E-state index contributed by atoms with van der Waals surface area (Å²) < 4.78 is 12.7. The van der Waals surface area contributed by atoms with Gasteiger partial charge in [0, 0.05) is 17.3 Å². The highest BCUT2D eigenvalue weighted by Crippen LogP contribution is 2.22. The molecule has 2 rings (SSSR count). The van der Waals surface area contributed by atoms with Gasteiger partial charge in [0.1, 0.15) is 5.82 Å². The van der Waals surface area contributed by atoms with Crippen LogP contribution in [0.4, 0.5) is 4.39 Å². The Balaban J connectivity index is 0.000000211. The first-order valence-electron chi connectivity index (χ1n) is 7.28. The minimum Gasteiger partial charge on any atom is -0.261 e. The molecule has 21 heavy (non-hydrogen) atoms. The third-order valence-corrected chi connectivity index (χ3v) is 3.12. The molecule has 0 N–H and O–H groups in total. The summed E-state index contributed by atoms with van der Waals surface area (Å²) in [6, 6.07) is 12.8. The van der Waals surface area contributed by atoms with E-state index in [2.05, 4.69) is 52.6 Å². The molecular weight excluding hydrogens is 261 g/mol. The SMILES string of the molecule is CC(C)(C)c1cccc(F)c1.CC(C)(C)c1ccccn1. The third-order valence-electron chi connectivity index (χ3n) is 3.12. The summed E-state index contributed by atoms with van der Waals surface area (Å²) in [5.41, 5.74) is 2.41. The molecule has 2 aromatic rings. The Kier molecular flexibility index (Phi) is 5.65. The van der Waals surface area contributed by atoms with Crippen LogP contribution in [-0.2, 0) is 10.8 Å². The van der Waals surface area contributed by atoms with Crippen LogP contribution in [-0.4, -0.2) is 4.98 Å². The lowest BCUT2D eigenvalue weighted by Crippen LogP contribution is -2.12. The van der Waals surface area contributed by atoms with Crippen LogP contribution in [0, 0.1) is 5.82 Å². The fourth-order valence-corrected chi connectivity index (χ4v) is 1.76. The first kappa shape index (κ1) is 17.4. The van der Waals surface area contributed by atoms with E-state index in [0.717, 1.165) is 11.3 Å². The lowest BCUT2D eigenvalue weighted by atomic mass is 9.87. The normalized spacial score (nSPS) is 11.6. The van der Waals surface area contributed by atoms with Gasteiger partial charge in [-0.3, -0.25) is 4.98 Å². The summed E-state index contributed by atoms with van der Waals surface area (Å²) in [5.74, 6) is -0.155. The van der Waals surface area contributed by atoms with E-state index in [-0.39, 0.29) is 16.6 Å². The first-order valence-corrected chi connectivity index (χ1v) is 7.28. The summed E-state index contributed by atoms with van der Waals surface area (Å²) in [4.78, 5) is 4.25. The molecule has 0 radical (unpaired) electrons. The zero-order valence-electron chi connectivity index (χ0n) is 13.9. The molecule has 0 bridgehead atoms. The Hall–Kier alpha value is -1.70. The quantitative estimate of drug-likeness (QED) is 0.623. The second kappa shape index (κ2) is 6.84. The largest absolute Gasteiger partial charge is 0.261 e. The van der Waals surface area contributed by atoms with E-state index in [0.29, 0.717) is 0 Å². The van der Waals surface area contributed by atoms with Gasteiger partial charge in [-0.2, -0.15) is 0 Å². The third kappa shape index (κ3) is 6.07. The van der Waals surface area contributed by atoms with Crippen LogP contribution in [0.25, 0.3) is 0 Å². The molecule has 0 saturated heterocycles. The van der Waals surface area contributed by atoms with Gasteiger partial charge in [0.25, 0.3) is 0 Å². The molecule has 0 spiro atoms. The predicted octanol–water partition coefficient (Wildman–Crippen LogP) is 5.50. The van der Waals surface area contributed by atoms with Crippen molar-refractivity contribution in [2.24, 2.45) is 0 Å². The number of hydrogen-bond donors (Lipinski definition) is 0. The molecule has 0 saturated carbocycles. The standard InChI is InChI=1S/C10H13F.C9H13N/c1-10(2,3)8-5-4-6-9(11)7-8;1-9(2,3)8-6-4-5-7-10-8/h4-7H,1-3H3;4-7H,1-3H3. The fraction of sp³-hybridized carbons (Fsp3) is 0.421. The predicted molar refractivity (Wildman–Crippen MR) is 88.0 cm³/mol. The molecule has 0 aliphatic heterocycles. The van der Waals surface area contributed by atoms with Crippen LogP contribution in [0.3, 0.4) is 0 Å². The first-order chi connectivity index (χ1) is 9.60. The van der Waals surface area contributed by atoms with Crippen molar-refractivity contribution in [1.82, 2.24) is 4.98 Å². The minimum absolute atomic E-state index is 0.0437. The van der Waals surface area contributed by atoms with Crippen molar-refractivity contribution in [3.8, 4) is 0 Å². The second-order valence-corrected chi connectivity index (χ2v) is 7.23. The summed E-state index contributed by atoms with van der Waals surface area (Å²) in [7, 11) is 0. The Bertz CT molecular complexity index is 548. The Morgan fingerprint density at radius 3 is 1.81 bits per heavy atom. The summed E-state index contributed by atoms with van der Waals surface area (Å²) in [6.07, 6.45) is 1.83. The maximum atomic E-state index is 12.7. The van der Waals surface area contributed by atoms with E-state index in [1.165, 1.54) is 6.07 Å². The molecule has 114 valence electrons. The molecule has 0 unspecified atom stereocenters. The topological polar surface area (TPSA) is 12.9 Å². The molecule has 0 fully saturated rings. The van der Waals surface area contributed by atoms with Gasteiger partial charge in [0.05, 0.1) is 0 Å². The van der Waals surface area contributed by atoms with E-state index in [9.17, 15) is 4.39 Å². The van der Waals surface area contributed by atoms with Crippen molar-refractivity contribution < 1.29 is 4.39 Å². The van der Waals surface area contributed by atoms with Crippen LogP contribution in [0.15, 0.2) is 48.7 Å². The molecular formula is C19H26FN. The summed E-state index contributed by atoms with van der Waals surface area (Å²) in [5, 5.41) is 0. The van der Waals surface area contributed by atoms with Crippen LogP contribution in [0.1, 0.15) is 52.8 Å². The highest BCUT2D eigenvalue weighted by molar-refractivity contribution is 5.23. The monoisotopic (exact) mass is 287 g/mol. The van der Waals surface area contributed by atoms with Gasteiger partial charge in [-0.25, -0.2) is 4.39 Å². The number of pyridine rings is 1. The lowest BCUT2D eigenvalue weighted by Gasteiger charge is -2.18. The maximum absolute atomic E-state index is 12.7. The van der Waals surface area contributed by atoms with Crippen LogP contribution in [0.5, 0.6) is 0 Å². The number of nitrogens with zero attached hydrogens (tertiary/aromatic N) is 1. The van der Waals surface area contributed by atoms with E-state index in [1.807, 2.05) is 24.4 Å². The number of halogens is 1. The van der Waals surface area contributed by atoms with Crippen LogP contribution in [0.2, 0.25) is 0 Å². The molecule has 1 aromatic heterocycles. The van der Waals surface area contributed by atoms with Gasteiger partial charge in [-0.05, 0) is 35.2 Å². The zero-order chi connectivity index (χ0) is 16.1. The molecule has 1 nitrogen and oxygen atoms in total. The summed E-state index contributed by atoms with van der Waals surface area (Å²) in [6.45, 7) is 12.7. The van der Waals surface area contributed by atoms with Crippen molar-refractivity contribution in [3.05, 3.63) is 65.7 Å². The fourth-order valence-electron chi connectivity index (χ4n) is 1.76. The summed E-state index contributed by atoms with van der Waals surface area (Å²) >= 11 is 0. The van der Waals surface area contributed by atoms with Gasteiger partial charge < -0.3 is 0 Å². The highest BCUT2D eigenvalue weighted by Gasteiger charge is 2.13. The van der Waals surface area contributed by atoms with Crippen molar-refractivity contribution >= 4 is 0 Å². The smallest absolute Gasteiger partial charge is 0.123 e. The van der Waals surface area contributed by atoms with Crippen molar-refractivity contribution in [2.75, 3.05) is 0 Å². The average molecular weight is 287 g/mol. The Labute approximate surface area is 128 Å². The van der Waals surface area contributed by atoms with Crippen molar-refractivity contribution in [3.63, 3.8) is 0 Å². The van der Waals surface area contributed by atoms with E-state index >= 15 is 0 Å². The van der Waals surface area contributed by atoms with E-state index in [4.69, 9.17) is 0 Å². The molecule has 1 aromatic carbocycles. The Morgan fingerprint density at radius 1 is 0.810 bits per heavy atom. The molecule has 1 heterocycles. The molecule has 0 atom stereocenters. The maximum Gasteiger partial charge on any atom is 0.123 e. The lowest BCUT2D eigenvalue weighted by molar-refractivity contribution is 0.569. The highest BCUT2D eigenvalue weighted by atomic mass is 19.1. The van der Waals surface area contributed by atoms with Gasteiger partial charge >= 0.3 is 0 Å². The molecule has 2 heteroatoms. The van der Waals surface area contributed by atoms with Gasteiger partial charge in [-0.1, -0.05) is 59.7 Å². The molecule has 0 aliphatic rings. The van der Waals surface area contributed by atoms with Gasteiger partial charge in [-0.15, -0.1) is 0 Å². The zero-order valence-corrected chi connectivity index (χ0v) is 13.9. The van der Waals surface area contributed by atoms with Gasteiger partial charge in [0.2, 0.25) is 0 Å². The van der Waals surface area contributed by atoms with E-state index in [1.54, 1.807) is 12.1 Å². The Morgan fingerprint density at radius 2 is 1.48 bits per heavy atom. The van der Waals surface area contributed by atoms with Crippen molar-refractivity contribution in [2.45, 2.75) is 52.4 Å². The van der Waals surface area contributed by atoms with E-state index < -0.39 is 0 Å². The number of benzene rings is 1. The average Bonchev–Trinajstić information content (AvgIpc) is 2.38.